The van der Waals surface area contributed by atoms with Gasteiger partial charge in [-0.1, -0.05) is 13.8 Å². The van der Waals surface area contributed by atoms with Crippen LogP contribution in [0.1, 0.15) is 39.5 Å². The Labute approximate surface area is 93.1 Å². The Bertz CT molecular complexity index is 237. The van der Waals surface area contributed by atoms with Crippen molar-refractivity contribution in [3.8, 4) is 0 Å². The van der Waals surface area contributed by atoms with Gasteiger partial charge in [0.15, 0.2) is 0 Å². The van der Waals surface area contributed by atoms with Crippen molar-refractivity contribution in [2.24, 2.45) is 5.92 Å². The molecular weight excluding hydrogens is 214 g/mol. The fourth-order valence-corrected chi connectivity index (χ4v) is 2.40. The van der Waals surface area contributed by atoms with E-state index in [0.29, 0.717) is 25.3 Å². The highest BCUT2D eigenvalue weighted by atomic mass is 32.2. The summed E-state index contributed by atoms with van der Waals surface area (Å²) in [5.41, 5.74) is 0. The van der Waals surface area contributed by atoms with Crippen molar-refractivity contribution < 1.29 is 13.5 Å². The van der Waals surface area contributed by atoms with Crippen LogP contribution in [-0.2, 0) is 10.0 Å². The quantitative estimate of drug-likeness (QED) is 0.590. The lowest BCUT2D eigenvalue weighted by molar-refractivity contribution is 0.287. The minimum Gasteiger partial charge on any atom is -0.396 e. The van der Waals surface area contributed by atoms with Gasteiger partial charge >= 0.3 is 0 Å². The number of hydrogen-bond donors (Lipinski definition) is 2. The van der Waals surface area contributed by atoms with Crippen molar-refractivity contribution >= 4 is 10.0 Å². The molecule has 0 saturated carbocycles. The molecule has 0 aliphatic rings. The fourth-order valence-electron chi connectivity index (χ4n) is 1.21. The highest BCUT2D eigenvalue weighted by molar-refractivity contribution is 7.89. The van der Waals surface area contributed by atoms with Crippen LogP contribution < -0.4 is 4.72 Å². The lowest BCUT2D eigenvalue weighted by Gasteiger charge is -2.07. The number of sulfonamides is 1. The number of hydrogen-bond acceptors (Lipinski definition) is 3. The van der Waals surface area contributed by atoms with E-state index in [1.165, 1.54) is 0 Å². The van der Waals surface area contributed by atoms with E-state index in [0.717, 1.165) is 12.8 Å². The second-order valence-electron chi connectivity index (χ2n) is 4.18. The molecule has 4 nitrogen and oxygen atoms in total. The van der Waals surface area contributed by atoms with E-state index in [4.69, 9.17) is 5.11 Å². The van der Waals surface area contributed by atoms with Crippen LogP contribution >= 0.6 is 0 Å². The first-order valence-electron chi connectivity index (χ1n) is 5.56. The van der Waals surface area contributed by atoms with Crippen LogP contribution in [0, 0.1) is 5.92 Å². The van der Waals surface area contributed by atoms with Crippen molar-refractivity contribution in [1.82, 2.24) is 4.72 Å². The van der Waals surface area contributed by atoms with Crippen molar-refractivity contribution in [2.45, 2.75) is 39.5 Å². The van der Waals surface area contributed by atoms with E-state index >= 15 is 0 Å². The summed E-state index contributed by atoms with van der Waals surface area (Å²) < 4.78 is 25.3. The van der Waals surface area contributed by atoms with Gasteiger partial charge in [-0.25, -0.2) is 13.1 Å². The van der Waals surface area contributed by atoms with Gasteiger partial charge in [0.1, 0.15) is 0 Å². The van der Waals surface area contributed by atoms with Gasteiger partial charge in [0.05, 0.1) is 5.75 Å². The Kier molecular flexibility index (Phi) is 8.00. The molecule has 0 bridgehead atoms. The Morgan fingerprint density at radius 1 is 1.20 bits per heavy atom. The SMILES string of the molecule is CC(C)CCCNS(=O)(=O)CCCCO. The van der Waals surface area contributed by atoms with E-state index in [1.54, 1.807) is 0 Å². The molecule has 0 unspecified atom stereocenters. The summed E-state index contributed by atoms with van der Waals surface area (Å²) in [5, 5.41) is 8.52. The van der Waals surface area contributed by atoms with Crippen LogP contribution in [0.2, 0.25) is 0 Å². The van der Waals surface area contributed by atoms with Crippen LogP contribution in [-0.4, -0.2) is 32.4 Å². The average Bonchev–Trinajstić information content (AvgIpc) is 2.13. The first kappa shape index (κ1) is 14.9. The zero-order valence-corrected chi connectivity index (χ0v) is 10.5. The third-order valence-electron chi connectivity index (χ3n) is 2.10. The van der Waals surface area contributed by atoms with Gasteiger partial charge in [-0.05, 0) is 31.6 Å². The van der Waals surface area contributed by atoms with Crippen molar-refractivity contribution in [2.75, 3.05) is 18.9 Å². The molecule has 0 spiro atoms. The maximum absolute atomic E-state index is 11.4. The molecule has 0 rings (SSSR count). The average molecular weight is 237 g/mol. The van der Waals surface area contributed by atoms with Gasteiger partial charge < -0.3 is 5.11 Å². The Balaban J connectivity index is 3.56. The summed E-state index contributed by atoms with van der Waals surface area (Å²) in [6.45, 7) is 4.83. The van der Waals surface area contributed by atoms with Gasteiger partial charge in [-0.3, -0.25) is 0 Å². The minimum absolute atomic E-state index is 0.0584. The van der Waals surface area contributed by atoms with E-state index in [-0.39, 0.29) is 12.4 Å². The van der Waals surface area contributed by atoms with E-state index in [1.807, 2.05) is 0 Å². The molecule has 0 atom stereocenters. The Hall–Kier alpha value is -0.130. The van der Waals surface area contributed by atoms with Crippen LogP contribution in [0.5, 0.6) is 0 Å². The fraction of sp³-hybridized carbons (Fsp3) is 1.00. The summed E-state index contributed by atoms with van der Waals surface area (Å²) in [4.78, 5) is 0. The summed E-state index contributed by atoms with van der Waals surface area (Å²) >= 11 is 0. The molecule has 0 aromatic carbocycles. The van der Waals surface area contributed by atoms with Gasteiger partial charge in [0.2, 0.25) is 10.0 Å². The first-order chi connectivity index (χ1) is 6.98. The van der Waals surface area contributed by atoms with Crippen molar-refractivity contribution in [3.63, 3.8) is 0 Å². The van der Waals surface area contributed by atoms with Gasteiger partial charge in [0.25, 0.3) is 0 Å². The summed E-state index contributed by atoms with van der Waals surface area (Å²) in [6, 6.07) is 0. The van der Waals surface area contributed by atoms with Gasteiger partial charge in [0, 0.05) is 13.2 Å². The Morgan fingerprint density at radius 2 is 1.87 bits per heavy atom. The molecule has 0 aliphatic heterocycles. The van der Waals surface area contributed by atoms with Crippen molar-refractivity contribution in [3.05, 3.63) is 0 Å². The number of unbranched alkanes of at least 4 members (excludes halogenated alkanes) is 1. The van der Waals surface area contributed by atoms with E-state index < -0.39 is 10.0 Å². The monoisotopic (exact) mass is 237 g/mol. The highest BCUT2D eigenvalue weighted by Crippen LogP contribution is 2.02. The number of nitrogens with one attached hydrogen (secondary N) is 1. The predicted molar refractivity (Wildman–Crippen MR) is 62.2 cm³/mol. The molecule has 15 heavy (non-hydrogen) atoms. The van der Waals surface area contributed by atoms with Crippen LogP contribution in [0.15, 0.2) is 0 Å². The van der Waals surface area contributed by atoms with Gasteiger partial charge in [-0.2, -0.15) is 0 Å². The molecule has 0 aliphatic carbocycles. The second-order valence-corrected chi connectivity index (χ2v) is 6.11. The van der Waals surface area contributed by atoms with E-state index in [9.17, 15) is 8.42 Å². The second kappa shape index (κ2) is 8.07. The standard InChI is InChI=1S/C10H23NO3S/c1-10(2)6-5-7-11-15(13,14)9-4-3-8-12/h10-12H,3-9H2,1-2H3. The topological polar surface area (TPSA) is 66.4 Å². The molecule has 0 fully saturated rings. The highest BCUT2D eigenvalue weighted by Gasteiger charge is 2.08. The minimum atomic E-state index is -3.11. The number of aliphatic hydroxyl groups is 1. The van der Waals surface area contributed by atoms with Crippen LogP contribution in [0.4, 0.5) is 0 Å². The lowest BCUT2D eigenvalue weighted by Crippen LogP contribution is -2.27. The number of rotatable bonds is 9. The maximum atomic E-state index is 11.4. The summed E-state index contributed by atoms with van der Waals surface area (Å²) in [6.07, 6.45) is 3.00. The summed E-state index contributed by atoms with van der Waals surface area (Å²) in [5.74, 6) is 0.735. The lowest BCUT2D eigenvalue weighted by atomic mass is 10.1. The van der Waals surface area contributed by atoms with Crippen molar-refractivity contribution in [1.29, 1.82) is 0 Å². The Morgan fingerprint density at radius 3 is 2.40 bits per heavy atom. The van der Waals surface area contributed by atoms with Crippen LogP contribution in [0.25, 0.3) is 0 Å². The first-order valence-corrected chi connectivity index (χ1v) is 7.21. The normalized spacial score (nSPS) is 12.3. The molecule has 0 heterocycles. The third-order valence-corrected chi connectivity index (χ3v) is 3.57. The maximum Gasteiger partial charge on any atom is 0.211 e. The molecule has 2 N–H and O–H groups in total. The molecule has 0 aromatic heterocycles. The van der Waals surface area contributed by atoms with Gasteiger partial charge in [-0.15, -0.1) is 0 Å². The third kappa shape index (κ3) is 10.2. The summed E-state index contributed by atoms with van der Waals surface area (Å²) in [7, 11) is -3.11. The van der Waals surface area contributed by atoms with Crippen LogP contribution in [0.3, 0.4) is 0 Å². The zero-order chi connectivity index (χ0) is 11.7. The zero-order valence-electron chi connectivity index (χ0n) is 9.70. The smallest absolute Gasteiger partial charge is 0.211 e. The molecule has 0 amide bonds. The molecule has 92 valence electrons. The number of aliphatic hydroxyl groups excluding tert-OH is 1. The molecule has 5 heteroatoms. The largest absolute Gasteiger partial charge is 0.396 e. The molecular formula is C10H23NO3S. The molecule has 0 aromatic rings. The van der Waals surface area contributed by atoms with E-state index in [2.05, 4.69) is 18.6 Å². The predicted octanol–water partition coefficient (Wildman–Crippen LogP) is 1.11. The molecule has 0 saturated heterocycles. The molecule has 0 radical (unpaired) electrons.